The van der Waals surface area contributed by atoms with Crippen molar-refractivity contribution in [2.45, 2.75) is 25.9 Å². The summed E-state index contributed by atoms with van der Waals surface area (Å²) >= 11 is 5.98. The van der Waals surface area contributed by atoms with Gasteiger partial charge in [-0.15, -0.1) is 0 Å². The van der Waals surface area contributed by atoms with Gasteiger partial charge in [0.25, 0.3) is 5.56 Å². The van der Waals surface area contributed by atoms with Gasteiger partial charge in [-0.25, -0.2) is 18.9 Å². The summed E-state index contributed by atoms with van der Waals surface area (Å²) in [7, 11) is 0. The summed E-state index contributed by atoms with van der Waals surface area (Å²) in [6, 6.07) is 10.7. The zero-order valence-corrected chi connectivity index (χ0v) is 16.9. The first-order valence-electron chi connectivity index (χ1n) is 9.72. The number of carbonyl (C=O) groups excluding carboxylic acids is 1. The van der Waals surface area contributed by atoms with Crippen LogP contribution in [0.3, 0.4) is 0 Å². The van der Waals surface area contributed by atoms with Crippen LogP contribution < -0.4 is 5.56 Å². The zero-order chi connectivity index (χ0) is 21.5. The highest BCUT2D eigenvalue weighted by Crippen LogP contribution is 2.28. The number of aromatic nitrogens is 4. The first-order chi connectivity index (χ1) is 15.0. The largest absolute Gasteiger partial charge is 0.453 e. The normalized spacial score (nSPS) is 12.8. The van der Waals surface area contributed by atoms with Crippen molar-refractivity contribution in [1.82, 2.24) is 19.7 Å². The van der Waals surface area contributed by atoms with Gasteiger partial charge >= 0.3 is 5.97 Å². The van der Waals surface area contributed by atoms with Crippen molar-refractivity contribution < 1.29 is 13.9 Å². The van der Waals surface area contributed by atoms with Crippen LogP contribution in [0.25, 0.3) is 16.6 Å². The number of benzene rings is 2. The van der Waals surface area contributed by atoms with Crippen LogP contribution in [0.4, 0.5) is 4.39 Å². The van der Waals surface area contributed by atoms with Crippen molar-refractivity contribution in [3.63, 3.8) is 0 Å². The van der Waals surface area contributed by atoms with Crippen molar-refractivity contribution in [1.29, 1.82) is 0 Å². The highest BCUT2D eigenvalue weighted by Gasteiger charge is 2.28. The van der Waals surface area contributed by atoms with Crippen molar-refractivity contribution in [3.8, 4) is 5.69 Å². The number of ether oxygens (including phenoxy) is 1. The summed E-state index contributed by atoms with van der Waals surface area (Å²) in [5.74, 6) is -0.735. The molecule has 1 aliphatic rings. The fraction of sp³-hybridized carbons (Fsp3) is 0.182. The van der Waals surface area contributed by atoms with Gasteiger partial charge in [-0.1, -0.05) is 11.6 Å². The molecule has 0 aliphatic heterocycles. The number of halogens is 2. The van der Waals surface area contributed by atoms with Crippen molar-refractivity contribution in [2.75, 3.05) is 0 Å². The summed E-state index contributed by atoms with van der Waals surface area (Å²) in [4.78, 5) is 32.0. The van der Waals surface area contributed by atoms with E-state index in [0.717, 1.165) is 24.1 Å². The lowest BCUT2D eigenvalue weighted by atomic mass is 10.2. The Hall–Kier alpha value is -3.52. The molecule has 4 aromatic rings. The molecule has 0 spiro atoms. The molecule has 0 bridgehead atoms. The van der Waals surface area contributed by atoms with Gasteiger partial charge in [0.2, 0.25) is 0 Å². The molecule has 0 atom stereocenters. The van der Waals surface area contributed by atoms with Crippen LogP contribution in [0.15, 0.2) is 47.3 Å². The minimum Gasteiger partial charge on any atom is -0.453 e. The van der Waals surface area contributed by atoms with E-state index in [1.165, 1.54) is 12.1 Å². The number of H-pyrrole nitrogens is 1. The van der Waals surface area contributed by atoms with Crippen LogP contribution in [0.1, 0.15) is 34.0 Å². The molecule has 1 aliphatic carbocycles. The Bertz CT molecular complexity index is 1380. The number of fused-ring (bicyclic) bond motifs is 2. The van der Waals surface area contributed by atoms with E-state index < -0.39 is 5.97 Å². The lowest BCUT2D eigenvalue weighted by Gasteiger charge is -2.06. The number of hydrogen-bond acceptors (Lipinski definition) is 5. The summed E-state index contributed by atoms with van der Waals surface area (Å²) < 4.78 is 20.3. The molecular weight excluding hydrogens is 423 g/mol. The molecule has 0 amide bonds. The van der Waals surface area contributed by atoms with E-state index in [0.29, 0.717) is 28.0 Å². The maximum Gasteiger partial charge on any atom is 0.359 e. The van der Waals surface area contributed by atoms with Crippen LogP contribution in [0, 0.1) is 5.82 Å². The molecule has 156 valence electrons. The Balaban J connectivity index is 1.41. The maximum atomic E-state index is 13.3. The van der Waals surface area contributed by atoms with Crippen molar-refractivity contribution in [2.24, 2.45) is 0 Å². The number of esters is 1. The Morgan fingerprint density at radius 1 is 1.19 bits per heavy atom. The second-order valence-corrected chi connectivity index (χ2v) is 7.70. The molecular formula is C22H16ClFN4O3. The Morgan fingerprint density at radius 3 is 2.81 bits per heavy atom. The Kier molecular flexibility index (Phi) is 4.78. The maximum absolute atomic E-state index is 13.3. The van der Waals surface area contributed by atoms with E-state index in [4.69, 9.17) is 16.3 Å². The average molecular weight is 439 g/mol. The van der Waals surface area contributed by atoms with Gasteiger partial charge in [-0.05, 0) is 61.7 Å². The number of nitrogens with one attached hydrogen (secondary N) is 1. The lowest BCUT2D eigenvalue weighted by Crippen LogP contribution is -2.15. The SMILES string of the molecule is O=C(OCc1nc2cc(Cl)ccc2c(=O)[nH]1)c1nn(-c2ccc(F)cc2)c2c1CCC2. The monoisotopic (exact) mass is 438 g/mol. The molecule has 5 rings (SSSR count). The van der Waals surface area contributed by atoms with E-state index in [1.54, 1.807) is 35.0 Å². The second kappa shape index (κ2) is 7.63. The fourth-order valence-corrected chi connectivity index (χ4v) is 4.00. The zero-order valence-electron chi connectivity index (χ0n) is 16.2. The molecule has 7 nitrogen and oxygen atoms in total. The van der Waals surface area contributed by atoms with E-state index in [1.807, 2.05) is 0 Å². The summed E-state index contributed by atoms with van der Waals surface area (Å²) in [6.07, 6.45) is 2.38. The van der Waals surface area contributed by atoms with E-state index in [2.05, 4.69) is 15.1 Å². The number of hydrogen-bond donors (Lipinski definition) is 1. The van der Waals surface area contributed by atoms with Crippen LogP contribution in [0.2, 0.25) is 5.02 Å². The topological polar surface area (TPSA) is 89.9 Å². The molecule has 9 heteroatoms. The van der Waals surface area contributed by atoms with Gasteiger partial charge in [0.15, 0.2) is 5.69 Å². The fourth-order valence-electron chi connectivity index (χ4n) is 3.83. The second-order valence-electron chi connectivity index (χ2n) is 7.27. The first-order valence-corrected chi connectivity index (χ1v) is 10.1. The van der Waals surface area contributed by atoms with Crippen LogP contribution in [0.5, 0.6) is 0 Å². The molecule has 2 aromatic carbocycles. The van der Waals surface area contributed by atoms with Gasteiger partial charge < -0.3 is 9.72 Å². The smallest absolute Gasteiger partial charge is 0.359 e. The van der Waals surface area contributed by atoms with Crippen LogP contribution in [-0.2, 0) is 24.2 Å². The van der Waals surface area contributed by atoms with Crippen LogP contribution in [-0.4, -0.2) is 25.7 Å². The van der Waals surface area contributed by atoms with Gasteiger partial charge in [-0.2, -0.15) is 5.10 Å². The van der Waals surface area contributed by atoms with Crippen molar-refractivity contribution >= 4 is 28.5 Å². The third kappa shape index (κ3) is 3.59. The molecule has 0 fully saturated rings. The highest BCUT2D eigenvalue weighted by molar-refractivity contribution is 6.31. The molecule has 0 unspecified atom stereocenters. The van der Waals surface area contributed by atoms with Gasteiger partial charge in [0.1, 0.15) is 18.2 Å². The van der Waals surface area contributed by atoms with Gasteiger partial charge in [0, 0.05) is 16.3 Å². The van der Waals surface area contributed by atoms with E-state index in [9.17, 15) is 14.0 Å². The predicted molar refractivity (Wildman–Crippen MR) is 112 cm³/mol. The number of aromatic amines is 1. The van der Waals surface area contributed by atoms with E-state index in [-0.39, 0.29) is 29.5 Å². The lowest BCUT2D eigenvalue weighted by molar-refractivity contribution is 0.0453. The molecule has 31 heavy (non-hydrogen) atoms. The van der Waals surface area contributed by atoms with E-state index >= 15 is 0 Å². The number of carbonyl (C=O) groups is 1. The Labute approximate surface area is 180 Å². The molecule has 2 heterocycles. The predicted octanol–water partition coefficient (Wildman–Crippen LogP) is 3.75. The quantitative estimate of drug-likeness (QED) is 0.490. The summed E-state index contributed by atoms with van der Waals surface area (Å²) in [5, 5.41) is 5.29. The third-order valence-corrected chi connectivity index (χ3v) is 5.49. The Morgan fingerprint density at radius 2 is 2.00 bits per heavy atom. The molecule has 0 radical (unpaired) electrons. The highest BCUT2D eigenvalue weighted by atomic mass is 35.5. The number of rotatable bonds is 4. The molecule has 1 N–H and O–H groups in total. The number of nitrogens with zero attached hydrogens (tertiary/aromatic N) is 3. The third-order valence-electron chi connectivity index (χ3n) is 5.25. The first kappa shape index (κ1) is 19.4. The average Bonchev–Trinajstić information content (AvgIpc) is 3.35. The van der Waals surface area contributed by atoms with Crippen molar-refractivity contribution in [3.05, 3.63) is 86.4 Å². The molecule has 0 saturated heterocycles. The van der Waals surface area contributed by atoms with Gasteiger partial charge in [-0.3, -0.25) is 4.79 Å². The minimum absolute atomic E-state index is 0.211. The summed E-state index contributed by atoms with van der Waals surface area (Å²) in [6.45, 7) is -0.214. The standard InChI is InChI=1S/C22H16ClFN4O3/c23-12-4-9-15-17(10-12)25-19(26-21(15)29)11-31-22(30)20-16-2-1-3-18(16)28(27-20)14-7-5-13(24)6-8-14/h4-10H,1-3,11H2,(H,25,26,29). The summed E-state index contributed by atoms with van der Waals surface area (Å²) in [5.41, 5.74) is 2.74. The molecule has 2 aromatic heterocycles. The van der Waals surface area contributed by atoms with Gasteiger partial charge in [0.05, 0.1) is 16.6 Å². The molecule has 0 saturated carbocycles. The van der Waals surface area contributed by atoms with Crippen LogP contribution >= 0.6 is 11.6 Å². The minimum atomic E-state index is -0.604.